The van der Waals surface area contributed by atoms with E-state index in [0.29, 0.717) is 24.6 Å². The molecule has 0 unspecified atom stereocenters. The first kappa shape index (κ1) is 20.2. The average molecular weight is 394 g/mol. The molecule has 29 heavy (non-hydrogen) atoms. The zero-order valence-electron chi connectivity index (χ0n) is 16.9. The first-order chi connectivity index (χ1) is 14.2. The minimum atomic E-state index is 0.520. The number of hydrogen-bond donors (Lipinski definition) is 2. The highest BCUT2D eigenvalue weighted by atomic mass is 16.5. The van der Waals surface area contributed by atoms with Gasteiger partial charge in [0.25, 0.3) is 0 Å². The second kappa shape index (κ2) is 10.1. The SMILES string of the molecule is CCNC(=NCc1ccc(OC)c(OC)c1)NCc1ccnc(-n2ccnc2)c1. The molecule has 2 N–H and O–H groups in total. The van der Waals surface area contributed by atoms with Crippen molar-refractivity contribution in [1.82, 2.24) is 25.2 Å². The number of rotatable bonds is 8. The molecule has 8 nitrogen and oxygen atoms in total. The molecule has 0 bridgehead atoms. The molecular weight excluding hydrogens is 368 g/mol. The summed E-state index contributed by atoms with van der Waals surface area (Å²) in [5, 5.41) is 6.63. The van der Waals surface area contributed by atoms with Gasteiger partial charge in [0.2, 0.25) is 0 Å². The van der Waals surface area contributed by atoms with E-state index in [1.165, 1.54) is 0 Å². The topological polar surface area (TPSA) is 85.6 Å². The van der Waals surface area contributed by atoms with Gasteiger partial charge in [-0.15, -0.1) is 0 Å². The molecule has 8 heteroatoms. The van der Waals surface area contributed by atoms with Crippen LogP contribution in [-0.4, -0.2) is 41.3 Å². The van der Waals surface area contributed by atoms with Crippen molar-refractivity contribution < 1.29 is 9.47 Å². The number of nitrogens with one attached hydrogen (secondary N) is 2. The van der Waals surface area contributed by atoms with Crippen LogP contribution in [-0.2, 0) is 13.1 Å². The fourth-order valence-corrected chi connectivity index (χ4v) is 2.78. The lowest BCUT2D eigenvalue weighted by Gasteiger charge is -2.13. The summed E-state index contributed by atoms with van der Waals surface area (Å²) in [6.07, 6.45) is 7.12. The monoisotopic (exact) mass is 394 g/mol. The summed E-state index contributed by atoms with van der Waals surface area (Å²) in [6, 6.07) is 9.80. The Bertz CT molecular complexity index is 940. The Kier molecular flexibility index (Phi) is 7.05. The summed E-state index contributed by atoms with van der Waals surface area (Å²) in [5.41, 5.74) is 2.13. The van der Waals surface area contributed by atoms with Gasteiger partial charge in [0.15, 0.2) is 17.5 Å². The molecule has 0 fully saturated rings. The van der Waals surface area contributed by atoms with Crippen LogP contribution in [0.2, 0.25) is 0 Å². The molecule has 152 valence electrons. The number of pyridine rings is 1. The zero-order valence-corrected chi connectivity index (χ0v) is 16.9. The van der Waals surface area contributed by atoms with E-state index in [0.717, 1.165) is 29.4 Å². The van der Waals surface area contributed by atoms with Crippen LogP contribution in [0.1, 0.15) is 18.1 Å². The van der Waals surface area contributed by atoms with E-state index in [1.54, 1.807) is 32.9 Å². The van der Waals surface area contributed by atoms with E-state index in [1.807, 2.05) is 48.0 Å². The summed E-state index contributed by atoms with van der Waals surface area (Å²) in [7, 11) is 3.25. The predicted octanol–water partition coefficient (Wildman–Crippen LogP) is 2.54. The van der Waals surface area contributed by atoms with Crippen LogP contribution in [0.5, 0.6) is 11.5 Å². The van der Waals surface area contributed by atoms with Crippen LogP contribution in [0.15, 0.2) is 60.2 Å². The van der Waals surface area contributed by atoms with Gasteiger partial charge in [-0.2, -0.15) is 0 Å². The smallest absolute Gasteiger partial charge is 0.191 e. The Balaban J connectivity index is 1.66. The Hall–Kier alpha value is -3.55. The number of methoxy groups -OCH3 is 2. The summed E-state index contributed by atoms with van der Waals surface area (Å²) in [6.45, 7) is 3.96. The number of hydrogen-bond acceptors (Lipinski definition) is 5. The fraction of sp³-hybridized carbons (Fsp3) is 0.286. The van der Waals surface area contributed by atoms with Gasteiger partial charge in [-0.05, 0) is 42.3 Å². The number of aromatic nitrogens is 3. The third kappa shape index (κ3) is 5.47. The third-order valence-electron chi connectivity index (χ3n) is 4.25. The van der Waals surface area contributed by atoms with Crippen LogP contribution in [0.3, 0.4) is 0 Å². The molecule has 0 aliphatic heterocycles. The first-order valence-electron chi connectivity index (χ1n) is 9.39. The lowest BCUT2D eigenvalue weighted by molar-refractivity contribution is 0.354. The van der Waals surface area contributed by atoms with E-state index in [2.05, 4.69) is 25.6 Å². The lowest BCUT2D eigenvalue weighted by atomic mass is 10.2. The Morgan fingerprint density at radius 1 is 1.03 bits per heavy atom. The molecule has 0 radical (unpaired) electrons. The number of imidazole rings is 1. The molecular formula is C21H26N6O2. The van der Waals surface area contributed by atoms with Crippen LogP contribution in [0.4, 0.5) is 0 Å². The van der Waals surface area contributed by atoms with E-state index >= 15 is 0 Å². The molecule has 0 amide bonds. The van der Waals surface area contributed by atoms with E-state index in [9.17, 15) is 0 Å². The Morgan fingerprint density at radius 2 is 1.90 bits per heavy atom. The maximum atomic E-state index is 5.36. The highest BCUT2D eigenvalue weighted by Crippen LogP contribution is 2.27. The Morgan fingerprint density at radius 3 is 2.62 bits per heavy atom. The number of benzene rings is 1. The molecule has 0 aliphatic rings. The normalized spacial score (nSPS) is 11.2. The minimum Gasteiger partial charge on any atom is -0.493 e. The third-order valence-corrected chi connectivity index (χ3v) is 4.25. The molecule has 0 atom stereocenters. The molecule has 0 saturated heterocycles. The highest BCUT2D eigenvalue weighted by Gasteiger charge is 2.05. The van der Waals surface area contributed by atoms with Gasteiger partial charge in [-0.3, -0.25) is 4.57 Å². The standard InChI is InChI=1S/C21H26N6O2/c1-4-23-21(25-13-16-5-6-18(28-2)19(11-16)29-3)26-14-17-7-8-24-20(12-17)27-10-9-22-15-27/h5-12,15H,4,13-14H2,1-3H3,(H2,23,25,26). The number of nitrogens with zero attached hydrogens (tertiary/aromatic N) is 4. The van der Waals surface area contributed by atoms with Crippen molar-refractivity contribution in [2.75, 3.05) is 20.8 Å². The van der Waals surface area contributed by atoms with Gasteiger partial charge in [-0.25, -0.2) is 15.0 Å². The molecule has 3 aromatic rings. The molecule has 0 spiro atoms. The highest BCUT2D eigenvalue weighted by molar-refractivity contribution is 5.79. The first-order valence-corrected chi connectivity index (χ1v) is 9.39. The van der Waals surface area contributed by atoms with Gasteiger partial charge >= 0.3 is 0 Å². The predicted molar refractivity (Wildman–Crippen MR) is 113 cm³/mol. The van der Waals surface area contributed by atoms with Gasteiger partial charge < -0.3 is 20.1 Å². The summed E-state index contributed by atoms with van der Waals surface area (Å²) < 4.78 is 12.5. The fourth-order valence-electron chi connectivity index (χ4n) is 2.78. The van der Waals surface area contributed by atoms with Crippen LogP contribution in [0, 0.1) is 0 Å². The summed E-state index contributed by atoms with van der Waals surface area (Å²) in [5.74, 6) is 2.97. The quantitative estimate of drug-likeness (QED) is 0.451. The number of ether oxygens (including phenoxy) is 2. The molecule has 0 saturated carbocycles. The minimum absolute atomic E-state index is 0.520. The number of guanidine groups is 1. The average Bonchev–Trinajstić information content (AvgIpc) is 3.30. The summed E-state index contributed by atoms with van der Waals surface area (Å²) in [4.78, 5) is 13.1. The van der Waals surface area contributed by atoms with Crippen molar-refractivity contribution in [3.63, 3.8) is 0 Å². The second-order valence-corrected chi connectivity index (χ2v) is 6.23. The molecule has 2 heterocycles. The zero-order chi connectivity index (χ0) is 20.5. The molecule has 3 rings (SSSR count). The molecule has 2 aromatic heterocycles. The lowest BCUT2D eigenvalue weighted by Crippen LogP contribution is -2.36. The van der Waals surface area contributed by atoms with Crippen molar-refractivity contribution in [2.24, 2.45) is 4.99 Å². The van der Waals surface area contributed by atoms with Crippen LogP contribution >= 0.6 is 0 Å². The van der Waals surface area contributed by atoms with Crippen LogP contribution in [0.25, 0.3) is 5.82 Å². The van der Waals surface area contributed by atoms with Crippen molar-refractivity contribution >= 4 is 5.96 Å². The van der Waals surface area contributed by atoms with Gasteiger partial charge in [-0.1, -0.05) is 6.07 Å². The van der Waals surface area contributed by atoms with Crippen molar-refractivity contribution in [2.45, 2.75) is 20.0 Å². The van der Waals surface area contributed by atoms with Crippen molar-refractivity contribution in [3.05, 3.63) is 66.4 Å². The molecule has 0 aliphatic carbocycles. The maximum absolute atomic E-state index is 5.36. The second-order valence-electron chi connectivity index (χ2n) is 6.23. The van der Waals surface area contributed by atoms with E-state index in [4.69, 9.17) is 9.47 Å². The molecule has 1 aromatic carbocycles. The number of aliphatic imine (C=N–C) groups is 1. The van der Waals surface area contributed by atoms with E-state index in [-0.39, 0.29) is 0 Å². The van der Waals surface area contributed by atoms with Gasteiger partial charge in [0, 0.05) is 31.7 Å². The van der Waals surface area contributed by atoms with Gasteiger partial charge in [0.05, 0.1) is 20.8 Å². The largest absolute Gasteiger partial charge is 0.493 e. The Labute approximate surface area is 170 Å². The van der Waals surface area contributed by atoms with Crippen molar-refractivity contribution in [3.8, 4) is 17.3 Å². The van der Waals surface area contributed by atoms with Gasteiger partial charge in [0.1, 0.15) is 12.1 Å². The summed E-state index contributed by atoms with van der Waals surface area (Å²) >= 11 is 0. The maximum Gasteiger partial charge on any atom is 0.191 e. The van der Waals surface area contributed by atoms with Crippen molar-refractivity contribution in [1.29, 1.82) is 0 Å². The van der Waals surface area contributed by atoms with Crippen LogP contribution < -0.4 is 20.1 Å². The van der Waals surface area contributed by atoms with E-state index < -0.39 is 0 Å².